The number of aromatic nitrogens is 6. The molecule has 1 aromatic carbocycles. The molecule has 5 rings (SSSR count). The first kappa shape index (κ1) is 19.2. The van der Waals surface area contributed by atoms with Crippen LogP contribution in [0.2, 0.25) is 0 Å². The zero-order valence-electron chi connectivity index (χ0n) is 17.6. The van der Waals surface area contributed by atoms with E-state index in [0.717, 1.165) is 22.6 Å². The highest BCUT2D eigenvalue weighted by Gasteiger charge is 2.33. The second kappa shape index (κ2) is 7.50. The summed E-state index contributed by atoms with van der Waals surface area (Å²) in [5.41, 5.74) is 3.51. The lowest BCUT2D eigenvalue weighted by Gasteiger charge is -2.24. The van der Waals surface area contributed by atoms with Crippen LogP contribution in [0.1, 0.15) is 43.0 Å². The Labute approximate surface area is 179 Å². The summed E-state index contributed by atoms with van der Waals surface area (Å²) >= 11 is 0. The second-order valence-electron chi connectivity index (χ2n) is 8.17. The number of hydrogen-bond donors (Lipinski definition) is 1. The minimum atomic E-state index is -0.112. The second-order valence-corrected chi connectivity index (χ2v) is 8.17. The summed E-state index contributed by atoms with van der Waals surface area (Å²) in [6.45, 7) is 6.83. The molecular weight excluding hydrogens is 394 g/mol. The van der Waals surface area contributed by atoms with Crippen LogP contribution in [0, 0.1) is 12.8 Å². The molecule has 1 aliphatic rings. The molecule has 1 N–H and O–H groups in total. The molecule has 4 heterocycles. The van der Waals surface area contributed by atoms with Gasteiger partial charge in [-0.25, -0.2) is 0 Å². The molecule has 0 saturated carbocycles. The average molecular weight is 417 g/mol. The molecule has 1 amide bonds. The van der Waals surface area contributed by atoms with Crippen LogP contribution in [-0.4, -0.2) is 42.1 Å². The number of nitrogens with zero attached hydrogens (tertiary/aromatic N) is 6. The number of anilines is 1. The van der Waals surface area contributed by atoms with Crippen LogP contribution in [0.15, 0.2) is 42.7 Å². The van der Waals surface area contributed by atoms with Crippen molar-refractivity contribution in [2.24, 2.45) is 5.92 Å². The monoisotopic (exact) mass is 417 g/mol. The van der Waals surface area contributed by atoms with E-state index in [-0.39, 0.29) is 11.8 Å². The number of aryl methyl sites for hydroxylation is 1. The van der Waals surface area contributed by atoms with E-state index in [9.17, 15) is 4.79 Å². The first-order chi connectivity index (χ1) is 15.0. The van der Waals surface area contributed by atoms with Crippen LogP contribution in [0.25, 0.3) is 11.5 Å². The van der Waals surface area contributed by atoms with Crippen molar-refractivity contribution >= 4 is 17.4 Å². The third kappa shape index (κ3) is 3.52. The van der Waals surface area contributed by atoms with Gasteiger partial charge < -0.3 is 10.1 Å². The smallest absolute Gasteiger partial charge is 0.226 e. The Morgan fingerprint density at radius 3 is 2.94 bits per heavy atom. The quantitative estimate of drug-likeness (QED) is 0.536. The third-order valence-electron chi connectivity index (χ3n) is 5.31. The third-order valence-corrected chi connectivity index (χ3v) is 5.31. The maximum atomic E-state index is 12.6. The van der Waals surface area contributed by atoms with Crippen LogP contribution >= 0.6 is 0 Å². The lowest BCUT2D eigenvalue weighted by Crippen LogP contribution is -2.25. The molecular formula is C22H23N7O2. The summed E-state index contributed by atoms with van der Waals surface area (Å²) in [7, 11) is 0. The fourth-order valence-electron chi connectivity index (χ4n) is 3.91. The fraction of sp³-hybridized carbons (Fsp3) is 0.318. The molecule has 4 aromatic rings. The molecule has 0 saturated heterocycles. The van der Waals surface area contributed by atoms with Crippen LogP contribution < -0.4 is 10.1 Å². The number of carbonyl (C=O) groups excluding carboxylic acids is 1. The molecule has 0 fully saturated rings. The molecule has 31 heavy (non-hydrogen) atoms. The first-order valence-electron chi connectivity index (χ1n) is 10.3. The Morgan fingerprint density at radius 2 is 2.10 bits per heavy atom. The fourth-order valence-corrected chi connectivity index (χ4v) is 3.91. The van der Waals surface area contributed by atoms with Gasteiger partial charge >= 0.3 is 0 Å². The van der Waals surface area contributed by atoms with Gasteiger partial charge in [0, 0.05) is 17.9 Å². The summed E-state index contributed by atoms with van der Waals surface area (Å²) < 4.78 is 9.16. The molecule has 9 nitrogen and oxygen atoms in total. The minimum Gasteiger partial charge on any atom is -0.493 e. The van der Waals surface area contributed by atoms with E-state index in [2.05, 4.69) is 34.5 Å². The van der Waals surface area contributed by atoms with Crippen LogP contribution in [0.4, 0.5) is 5.82 Å². The van der Waals surface area contributed by atoms with E-state index in [1.807, 2.05) is 43.3 Å². The van der Waals surface area contributed by atoms with Crippen molar-refractivity contribution in [2.45, 2.75) is 33.1 Å². The number of carbonyl (C=O) groups is 1. The van der Waals surface area contributed by atoms with Gasteiger partial charge in [-0.3, -0.25) is 4.79 Å². The standard InChI is InChI=1S/C22H23N7O2/c1-13(2)11-31-16-6-4-5-15(9-16)17-10-20(30)24-22-21(17)14(3)26-29(22)19-8-7-18-25-23-12-28(18)27-19/h4-9,12-13,17H,10-11H2,1-3H3,(H,24,30)/t17-/m1/s1. The van der Waals surface area contributed by atoms with Gasteiger partial charge in [0.05, 0.1) is 12.3 Å². The van der Waals surface area contributed by atoms with E-state index < -0.39 is 0 Å². The number of hydrogen-bond acceptors (Lipinski definition) is 6. The Morgan fingerprint density at radius 1 is 1.23 bits per heavy atom. The lowest BCUT2D eigenvalue weighted by atomic mass is 9.86. The van der Waals surface area contributed by atoms with Crippen molar-refractivity contribution in [3.8, 4) is 11.6 Å². The molecule has 0 radical (unpaired) electrons. The summed E-state index contributed by atoms with van der Waals surface area (Å²) in [6, 6.07) is 11.6. The Balaban J connectivity index is 1.57. The summed E-state index contributed by atoms with van der Waals surface area (Å²) in [4.78, 5) is 12.6. The van der Waals surface area contributed by atoms with Gasteiger partial charge in [0.1, 0.15) is 17.9 Å². The molecule has 1 aliphatic heterocycles. The zero-order valence-corrected chi connectivity index (χ0v) is 17.6. The van der Waals surface area contributed by atoms with Gasteiger partial charge in [0.2, 0.25) is 5.91 Å². The van der Waals surface area contributed by atoms with Crippen molar-refractivity contribution in [1.82, 2.24) is 29.6 Å². The van der Waals surface area contributed by atoms with Gasteiger partial charge in [0.25, 0.3) is 0 Å². The van der Waals surface area contributed by atoms with Crippen LogP contribution in [-0.2, 0) is 4.79 Å². The van der Waals surface area contributed by atoms with Crippen molar-refractivity contribution in [3.05, 3.63) is 59.5 Å². The molecule has 0 bridgehead atoms. The number of ether oxygens (including phenoxy) is 1. The molecule has 1 atom stereocenters. The highest BCUT2D eigenvalue weighted by atomic mass is 16.5. The summed E-state index contributed by atoms with van der Waals surface area (Å²) in [5, 5.41) is 20.1. The molecule has 0 unspecified atom stereocenters. The number of amides is 1. The van der Waals surface area contributed by atoms with Gasteiger partial charge in [-0.15, -0.1) is 15.3 Å². The summed E-state index contributed by atoms with van der Waals surface area (Å²) in [6.07, 6.45) is 1.89. The number of benzene rings is 1. The SMILES string of the molecule is Cc1nn(-c2ccc3nncn3n2)c2c1[C@@H](c1cccc(OCC(C)C)c1)CC(=O)N2. The topological polar surface area (TPSA) is 99.2 Å². The zero-order chi connectivity index (χ0) is 21.5. The highest BCUT2D eigenvalue weighted by Crippen LogP contribution is 2.40. The van der Waals surface area contributed by atoms with E-state index in [4.69, 9.17) is 9.84 Å². The van der Waals surface area contributed by atoms with Crippen molar-refractivity contribution in [1.29, 1.82) is 0 Å². The number of nitrogens with one attached hydrogen (secondary N) is 1. The van der Waals surface area contributed by atoms with Gasteiger partial charge in [0.15, 0.2) is 11.5 Å². The van der Waals surface area contributed by atoms with Gasteiger partial charge in [-0.1, -0.05) is 26.0 Å². The van der Waals surface area contributed by atoms with E-state index in [1.165, 1.54) is 6.33 Å². The lowest BCUT2D eigenvalue weighted by molar-refractivity contribution is -0.116. The molecule has 158 valence electrons. The Kier molecular flexibility index (Phi) is 4.65. The maximum absolute atomic E-state index is 12.6. The largest absolute Gasteiger partial charge is 0.493 e. The maximum Gasteiger partial charge on any atom is 0.226 e. The normalized spacial score (nSPS) is 15.9. The molecule has 0 spiro atoms. The van der Waals surface area contributed by atoms with Crippen molar-refractivity contribution in [3.63, 3.8) is 0 Å². The summed E-state index contributed by atoms with van der Waals surface area (Å²) in [5.74, 6) is 2.30. The van der Waals surface area contributed by atoms with Gasteiger partial charge in [-0.2, -0.15) is 14.3 Å². The van der Waals surface area contributed by atoms with Gasteiger partial charge in [-0.05, 0) is 42.7 Å². The Bertz CT molecular complexity index is 1270. The first-order valence-corrected chi connectivity index (χ1v) is 10.3. The van der Waals surface area contributed by atoms with Crippen LogP contribution in [0.5, 0.6) is 5.75 Å². The molecule has 0 aliphatic carbocycles. The highest BCUT2D eigenvalue weighted by molar-refractivity contribution is 5.95. The average Bonchev–Trinajstić information content (AvgIpc) is 3.35. The van der Waals surface area contributed by atoms with Crippen LogP contribution in [0.3, 0.4) is 0 Å². The van der Waals surface area contributed by atoms with E-state index in [0.29, 0.717) is 36.2 Å². The van der Waals surface area contributed by atoms with E-state index in [1.54, 1.807) is 9.20 Å². The van der Waals surface area contributed by atoms with E-state index >= 15 is 0 Å². The minimum absolute atomic E-state index is 0.0578. The Hall–Kier alpha value is -3.75. The van der Waals surface area contributed by atoms with Crippen molar-refractivity contribution < 1.29 is 9.53 Å². The number of rotatable bonds is 5. The predicted octanol–water partition coefficient (Wildman–Crippen LogP) is 3.13. The molecule has 3 aromatic heterocycles. The predicted molar refractivity (Wildman–Crippen MR) is 115 cm³/mol. The number of fused-ring (bicyclic) bond motifs is 2. The van der Waals surface area contributed by atoms with Crippen molar-refractivity contribution in [2.75, 3.05) is 11.9 Å². The molecule has 9 heteroatoms.